The van der Waals surface area contributed by atoms with Crippen molar-refractivity contribution in [1.29, 1.82) is 0 Å². The molecule has 6 heteroatoms. The summed E-state index contributed by atoms with van der Waals surface area (Å²) in [5, 5.41) is 4.25. The molecule has 126 valence electrons. The third-order valence-corrected chi connectivity index (χ3v) is 5.35. The molecule has 3 aromatic heterocycles. The minimum absolute atomic E-state index is 0.0558. The van der Waals surface area contributed by atoms with Gasteiger partial charge in [-0.2, -0.15) is 0 Å². The molecule has 25 heavy (non-hydrogen) atoms. The van der Waals surface area contributed by atoms with Crippen LogP contribution >= 0.6 is 11.3 Å². The van der Waals surface area contributed by atoms with Gasteiger partial charge in [0.1, 0.15) is 15.9 Å². The number of fused-ring (bicyclic) bond motifs is 3. The molecule has 1 N–H and O–H groups in total. The maximum Gasteiger partial charge on any atom is 0.275 e. The van der Waals surface area contributed by atoms with Crippen LogP contribution in [0.1, 0.15) is 19.4 Å². The van der Waals surface area contributed by atoms with Crippen molar-refractivity contribution < 1.29 is 0 Å². The Morgan fingerprint density at radius 3 is 2.64 bits per heavy atom. The number of thiophene rings is 1. The van der Waals surface area contributed by atoms with Crippen LogP contribution < -0.4 is 10.9 Å². The fraction of sp³-hybridized carbons (Fsp3) is 0.211. The normalized spacial score (nSPS) is 11.3. The number of nitrogens with zero attached hydrogens (tertiary/aromatic N) is 3. The number of rotatable bonds is 4. The van der Waals surface area contributed by atoms with Crippen LogP contribution in [0.15, 0.2) is 47.7 Å². The van der Waals surface area contributed by atoms with Crippen molar-refractivity contribution in [3.8, 4) is 5.69 Å². The van der Waals surface area contributed by atoms with Crippen LogP contribution in [0, 0.1) is 0 Å². The largest absolute Gasteiger partial charge is 0.385 e. The molecule has 3 heterocycles. The highest BCUT2D eigenvalue weighted by atomic mass is 32.1. The van der Waals surface area contributed by atoms with Gasteiger partial charge in [0.05, 0.1) is 16.6 Å². The third kappa shape index (κ3) is 2.59. The molecule has 4 rings (SSSR count). The van der Waals surface area contributed by atoms with Crippen LogP contribution in [-0.4, -0.2) is 21.1 Å². The predicted molar refractivity (Wildman–Crippen MR) is 104 cm³/mol. The van der Waals surface area contributed by atoms with Crippen LogP contribution in [0.2, 0.25) is 0 Å². The first-order valence-electron chi connectivity index (χ1n) is 8.35. The van der Waals surface area contributed by atoms with Crippen molar-refractivity contribution in [3.05, 3.63) is 58.8 Å². The number of benzene rings is 1. The van der Waals surface area contributed by atoms with Crippen LogP contribution in [0.25, 0.3) is 26.1 Å². The number of anilines is 1. The summed E-state index contributed by atoms with van der Waals surface area (Å²) in [4.78, 5) is 22.8. The summed E-state index contributed by atoms with van der Waals surface area (Å²) < 4.78 is 2.24. The highest BCUT2D eigenvalue weighted by Gasteiger charge is 2.15. The lowest BCUT2D eigenvalue weighted by atomic mass is 10.1. The van der Waals surface area contributed by atoms with E-state index in [4.69, 9.17) is 0 Å². The number of aryl methyl sites for hydroxylation is 1. The van der Waals surface area contributed by atoms with Crippen molar-refractivity contribution in [2.75, 3.05) is 11.9 Å². The lowest BCUT2D eigenvalue weighted by Crippen LogP contribution is -2.17. The van der Waals surface area contributed by atoms with Gasteiger partial charge in [0.15, 0.2) is 0 Å². The average Bonchev–Trinajstić information content (AvgIpc) is 3.03. The summed E-state index contributed by atoms with van der Waals surface area (Å²) in [6.45, 7) is 4.96. The number of hydrogen-bond acceptors (Lipinski definition) is 5. The quantitative estimate of drug-likeness (QED) is 0.604. The molecule has 0 amide bonds. The van der Waals surface area contributed by atoms with Crippen molar-refractivity contribution in [2.45, 2.75) is 20.3 Å². The molecule has 0 bridgehead atoms. The van der Waals surface area contributed by atoms with Gasteiger partial charge in [-0.05, 0) is 37.1 Å². The summed E-state index contributed by atoms with van der Waals surface area (Å²) in [5.41, 5.74) is 3.70. The van der Waals surface area contributed by atoms with Gasteiger partial charge >= 0.3 is 0 Å². The molecule has 0 atom stereocenters. The Labute approximate surface area is 149 Å². The fourth-order valence-corrected chi connectivity index (χ4v) is 4.02. The molecule has 4 aromatic rings. The minimum atomic E-state index is -0.0558. The van der Waals surface area contributed by atoms with Crippen LogP contribution in [0.5, 0.6) is 0 Å². The number of nitrogens with one attached hydrogen (secondary N) is 1. The van der Waals surface area contributed by atoms with E-state index in [0.29, 0.717) is 4.70 Å². The SMILES string of the molecule is CCNc1ccnc2sc3c(=O)n(-c4ccc(CC)cc4)cnc3c12. The van der Waals surface area contributed by atoms with E-state index >= 15 is 0 Å². The van der Waals surface area contributed by atoms with Gasteiger partial charge in [-0.15, -0.1) is 11.3 Å². The standard InChI is InChI=1S/C19H18N4OS/c1-3-12-5-7-13(8-6-12)23-11-22-16-15-14(20-4-2)9-10-21-18(15)25-17(16)19(23)24/h5-11H,3-4H2,1-2H3,(H,20,21). The van der Waals surface area contributed by atoms with E-state index in [2.05, 4.69) is 22.2 Å². The molecule has 0 unspecified atom stereocenters. The van der Waals surface area contributed by atoms with Gasteiger partial charge < -0.3 is 5.32 Å². The Kier molecular flexibility index (Phi) is 3.97. The summed E-state index contributed by atoms with van der Waals surface area (Å²) in [7, 11) is 0. The van der Waals surface area contributed by atoms with E-state index < -0.39 is 0 Å². The zero-order valence-corrected chi connectivity index (χ0v) is 14.9. The van der Waals surface area contributed by atoms with Crippen molar-refractivity contribution in [2.24, 2.45) is 0 Å². The Balaban J connectivity index is 1.95. The third-order valence-electron chi connectivity index (χ3n) is 4.27. The van der Waals surface area contributed by atoms with Gasteiger partial charge in [0.25, 0.3) is 5.56 Å². The molecule has 0 saturated carbocycles. The molecule has 0 radical (unpaired) electrons. The molecule has 5 nitrogen and oxygen atoms in total. The van der Waals surface area contributed by atoms with E-state index in [-0.39, 0.29) is 5.56 Å². The van der Waals surface area contributed by atoms with Crippen LogP contribution in [0.3, 0.4) is 0 Å². The molecule has 0 saturated heterocycles. The minimum Gasteiger partial charge on any atom is -0.385 e. The summed E-state index contributed by atoms with van der Waals surface area (Å²) >= 11 is 1.40. The molecule has 0 aliphatic rings. The highest BCUT2D eigenvalue weighted by Crippen LogP contribution is 2.34. The second-order valence-electron chi connectivity index (χ2n) is 5.79. The van der Waals surface area contributed by atoms with E-state index in [1.807, 2.05) is 37.3 Å². The molecular weight excluding hydrogens is 332 g/mol. The van der Waals surface area contributed by atoms with Gasteiger partial charge in [-0.1, -0.05) is 19.1 Å². The number of pyridine rings is 1. The van der Waals surface area contributed by atoms with Gasteiger partial charge in [-0.3, -0.25) is 9.36 Å². The highest BCUT2D eigenvalue weighted by molar-refractivity contribution is 7.25. The first-order valence-corrected chi connectivity index (χ1v) is 9.16. The van der Waals surface area contributed by atoms with E-state index in [0.717, 1.165) is 40.1 Å². The smallest absolute Gasteiger partial charge is 0.275 e. The van der Waals surface area contributed by atoms with E-state index in [1.54, 1.807) is 17.1 Å². The maximum atomic E-state index is 13.0. The topological polar surface area (TPSA) is 59.8 Å². The second kappa shape index (κ2) is 6.29. The van der Waals surface area contributed by atoms with E-state index in [1.165, 1.54) is 16.9 Å². The number of hydrogen-bond donors (Lipinski definition) is 1. The molecule has 0 fully saturated rings. The van der Waals surface area contributed by atoms with Crippen molar-refractivity contribution in [1.82, 2.24) is 14.5 Å². The van der Waals surface area contributed by atoms with Crippen molar-refractivity contribution in [3.63, 3.8) is 0 Å². The molecular formula is C19H18N4OS. The number of aromatic nitrogens is 3. The predicted octanol–water partition coefficient (Wildman–Crippen LogP) is 3.99. The lowest BCUT2D eigenvalue weighted by Gasteiger charge is -2.07. The Morgan fingerprint density at radius 1 is 1.12 bits per heavy atom. The van der Waals surface area contributed by atoms with Gasteiger partial charge in [0, 0.05) is 18.4 Å². The summed E-state index contributed by atoms with van der Waals surface area (Å²) in [6.07, 6.45) is 4.35. The Morgan fingerprint density at radius 2 is 1.92 bits per heavy atom. The molecule has 0 aliphatic carbocycles. The molecule has 1 aromatic carbocycles. The summed E-state index contributed by atoms with van der Waals surface area (Å²) in [6, 6.07) is 9.94. The molecule has 0 aliphatic heterocycles. The lowest BCUT2D eigenvalue weighted by molar-refractivity contribution is 0.964. The van der Waals surface area contributed by atoms with Crippen molar-refractivity contribution >= 4 is 37.5 Å². The van der Waals surface area contributed by atoms with Gasteiger partial charge in [0.2, 0.25) is 0 Å². The Hall–Kier alpha value is -2.73. The average molecular weight is 350 g/mol. The first-order chi connectivity index (χ1) is 12.2. The maximum absolute atomic E-state index is 13.0. The zero-order valence-electron chi connectivity index (χ0n) is 14.1. The monoisotopic (exact) mass is 350 g/mol. The second-order valence-corrected chi connectivity index (χ2v) is 6.79. The fourth-order valence-electron chi connectivity index (χ4n) is 2.97. The van der Waals surface area contributed by atoms with Gasteiger partial charge in [-0.25, -0.2) is 9.97 Å². The van der Waals surface area contributed by atoms with Crippen LogP contribution in [-0.2, 0) is 6.42 Å². The molecule has 0 spiro atoms. The summed E-state index contributed by atoms with van der Waals surface area (Å²) in [5.74, 6) is 0. The van der Waals surface area contributed by atoms with E-state index in [9.17, 15) is 4.79 Å². The Bertz CT molecular complexity index is 1110. The van der Waals surface area contributed by atoms with Crippen LogP contribution in [0.4, 0.5) is 5.69 Å². The first kappa shape index (κ1) is 15.8. The zero-order chi connectivity index (χ0) is 17.4.